The highest BCUT2D eigenvalue weighted by atomic mass is 16.5. The predicted molar refractivity (Wildman–Crippen MR) is 154 cm³/mol. The lowest BCUT2D eigenvalue weighted by Gasteiger charge is -2.14. The van der Waals surface area contributed by atoms with Gasteiger partial charge in [0.1, 0.15) is 23.8 Å². The fourth-order valence-corrected chi connectivity index (χ4v) is 4.95. The Kier molecular flexibility index (Phi) is 6.53. The van der Waals surface area contributed by atoms with Crippen molar-refractivity contribution in [2.45, 2.75) is 26.2 Å². The zero-order valence-corrected chi connectivity index (χ0v) is 21.5. The molecule has 6 rings (SSSR count). The van der Waals surface area contributed by atoms with Gasteiger partial charge >= 0.3 is 0 Å². The van der Waals surface area contributed by atoms with Gasteiger partial charge in [0.15, 0.2) is 0 Å². The Labute approximate surface area is 223 Å². The van der Waals surface area contributed by atoms with Crippen molar-refractivity contribution in [3.63, 3.8) is 0 Å². The minimum Gasteiger partial charge on any atom is -0.509 e. The Bertz CT molecular complexity index is 1590. The molecule has 1 aliphatic carbocycles. The van der Waals surface area contributed by atoms with Crippen LogP contribution in [0.4, 0.5) is 0 Å². The van der Waals surface area contributed by atoms with Gasteiger partial charge in [0, 0.05) is 16.7 Å². The molecule has 0 aliphatic heterocycles. The van der Waals surface area contributed by atoms with Crippen LogP contribution >= 0.6 is 0 Å². The third-order valence-electron chi connectivity index (χ3n) is 6.99. The summed E-state index contributed by atoms with van der Waals surface area (Å²) in [5, 5.41) is 15.4. The van der Waals surface area contributed by atoms with Crippen molar-refractivity contribution in [1.29, 1.82) is 0 Å². The molecule has 0 atom stereocenters. The van der Waals surface area contributed by atoms with Crippen molar-refractivity contribution in [2.24, 2.45) is 0 Å². The van der Waals surface area contributed by atoms with E-state index in [1.54, 1.807) is 0 Å². The van der Waals surface area contributed by atoms with Crippen LogP contribution in [0.2, 0.25) is 0 Å². The lowest BCUT2D eigenvalue weighted by atomic mass is 9.97. The highest BCUT2D eigenvalue weighted by molar-refractivity contribution is 5.84. The fourth-order valence-electron chi connectivity index (χ4n) is 4.95. The molecule has 0 bridgehead atoms. The minimum atomic E-state index is 0.209. The van der Waals surface area contributed by atoms with Crippen LogP contribution < -0.4 is 4.74 Å². The molecule has 0 radical (unpaired) electrons. The Balaban J connectivity index is 1.47. The minimum absolute atomic E-state index is 0.209. The van der Waals surface area contributed by atoms with Crippen LogP contribution in [-0.4, -0.2) is 21.5 Å². The number of ether oxygens (including phenoxy) is 1. The summed E-state index contributed by atoms with van der Waals surface area (Å²) in [6, 6.07) is 37.4. The number of hydrogen-bond acceptors (Lipinski definition) is 3. The molecule has 4 aromatic carbocycles. The first-order valence-corrected chi connectivity index (χ1v) is 13.2. The van der Waals surface area contributed by atoms with Crippen LogP contribution in [0.25, 0.3) is 39.2 Å². The lowest BCUT2D eigenvalue weighted by molar-refractivity contribution is 0.269. The van der Waals surface area contributed by atoms with Gasteiger partial charge in [-0.05, 0) is 54.2 Å². The molecule has 0 amide bonds. The van der Waals surface area contributed by atoms with Crippen LogP contribution in [0.3, 0.4) is 0 Å². The molecule has 4 heteroatoms. The van der Waals surface area contributed by atoms with Crippen LogP contribution in [0.15, 0.2) is 121 Å². The molecular weight excluding hydrogens is 468 g/mol. The molecule has 4 nitrogen and oxygen atoms in total. The highest BCUT2D eigenvalue weighted by Gasteiger charge is 2.22. The van der Waals surface area contributed by atoms with Crippen molar-refractivity contribution >= 4 is 0 Å². The largest absolute Gasteiger partial charge is 0.509 e. The maximum atomic E-state index is 10.1. The number of aromatic nitrogens is 2. The smallest absolute Gasteiger partial charge is 0.145 e. The number of aliphatic hydroxyl groups excluding tert-OH is 1. The average molecular weight is 499 g/mol. The number of nitrogens with zero attached hydrogens (tertiary/aromatic N) is 2. The first-order chi connectivity index (χ1) is 18.7. The van der Waals surface area contributed by atoms with Gasteiger partial charge in [0.25, 0.3) is 0 Å². The summed E-state index contributed by atoms with van der Waals surface area (Å²) in [5.74, 6) is 1.10. The maximum absolute atomic E-state index is 10.1. The van der Waals surface area contributed by atoms with Gasteiger partial charge in [-0.15, -0.1) is 0 Å². The van der Waals surface area contributed by atoms with Gasteiger partial charge < -0.3 is 9.84 Å². The quantitative estimate of drug-likeness (QED) is 0.218. The van der Waals surface area contributed by atoms with Crippen molar-refractivity contribution in [1.82, 2.24) is 9.78 Å². The van der Waals surface area contributed by atoms with Crippen molar-refractivity contribution in [3.05, 3.63) is 126 Å². The van der Waals surface area contributed by atoms with Crippen LogP contribution in [-0.2, 0) is 6.42 Å². The third kappa shape index (κ3) is 4.73. The molecule has 1 aromatic heterocycles. The predicted octanol–water partition coefficient (Wildman–Crippen LogP) is 8.42. The van der Waals surface area contributed by atoms with Crippen molar-refractivity contribution in [2.75, 3.05) is 6.61 Å². The monoisotopic (exact) mass is 498 g/mol. The summed E-state index contributed by atoms with van der Waals surface area (Å²) < 4.78 is 8.04. The topological polar surface area (TPSA) is 47.3 Å². The molecule has 1 fully saturated rings. The van der Waals surface area contributed by atoms with E-state index in [1.165, 1.54) is 0 Å². The lowest BCUT2D eigenvalue weighted by Crippen LogP contribution is -2.04. The van der Waals surface area contributed by atoms with E-state index in [0.29, 0.717) is 5.76 Å². The summed E-state index contributed by atoms with van der Waals surface area (Å²) in [7, 11) is 0. The van der Waals surface area contributed by atoms with Gasteiger partial charge in [0.2, 0.25) is 0 Å². The van der Waals surface area contributed by atoms with E-state index in [4.69, 9.17) is 9.84 Å². The number of allylic oxidation sites excluding steroid dienone is 1. The number of aliphatic hydroxyl groups is 1. The molecule has 0 unspecified atom stereocenters. The van der Waals surface area contributed by atoms with Gasteiger partial charge in [-0.1, -0.05) is 97.9 Å². The Morgan fingerprint density at radius 3 is 2.16 bits per heavy atom. The number of benzene rings is 4. The van der Waals surface area contributed by atoms with E-state index < -0.39 is 0 Å². The standard InChI is InChI=1S/C34H30N2O2/c1-2-30-33(25-12-5-3-6-13-25)34(26-14-7-4-8-15-26)35-36(30)31-19-10-9-18-29(31)27-16-11-17-28(22-27)38-23-32(37)24-20-21-24/h3-19,22,37H,2,20-21,23H2,1H3. The van der Waals surface area contributed by atoms with Crippen molar-refractivity contribution in [3.8, 4) is 44.9 Å². The fraction of sp³-hybridized carbons (Fsp3) is 0.147. The first kappa shape index (κ1) is 23.8. The van der Waals surface area contributed by atoms with E-state index in [0.717, 1.165) is 75.5 Å². The zero-order valence-electron chi connectivity index (χ0n) is 21.5. The van der Waals surface area contributed by atoms with E-state index in [2.05, 4.69) is 90.5 Å². The highest BCUT2D eigenvalue weighted by Crippen LogP contribution is 2.38. The van der Waals surface area contributed by atoms with E-state index >= 15 is 0 Å². The molecule has 188 valence electrons. The Morgan fingerprint density at radius 2 is 1.45 bits per heavy atom. The SMILES string of the molecule is CCc1c(-c2ccccc2)c(-c2ccccc2)nn1-c1ccccc1-c1cccc(OCC(O)=C2CC2)c1. The molecule has 1 heterocycles. The number of hydrogen-bond donors (Lipinski definition) is 1. The van der Waals surface area contributed by atoms with Gasteiger partial charge in [-0.3, -0.25) is 0 Å². The second kappa shape index (κ2) is 10.4. The molecule has 1 N–H and O–H groups in total. The van der Waals surface area contributed by atoms with E-state index in [9.17, 15) is 5.11 Å². The molecule has 0 spiro atoms. The van der Waals surface area contributed by atoms with Gasteiger partial charge in [0.05, 0.1) is 11.4 Å². The molecule has 1 aliphatic rings. The molecular formula is C34H30N2O2. The first-order valence-electron chi connectivity index (χ1n) is 13.2. The van der Waals surface area contributed by atoms with E-state index in [1.807, 2.05) is 30.3 Å². The van der Waals surface area contributed by atoms with Crippen molar-refractivity contribution < 1.29 is 9.84 Å². The summed E-state index contributed by atoms with van der Waals surface area (Å²) in [6.45, 7) is 2.40. The van der Waals surface area contributed by atoms with Crippen LogP contribution in [0.5, 0.6) is 5.75 Å². The second-order valence-corrected chi connectivity index (χ2v) is 9.55. The van der Waals surface area contributed by atoms with Gasteiger partial charge in [-0.2, -0.15) is 5.10 Å². The normalized spacial score (nSPS) is 12.4. The van der Waals surface area contributed by atoms with E-state index in [-0.39, 0.29) is 6.61 Å². The summed E-state index contributed by atoms with van der Waals surface area (Å²) in [5.41, 5.74) is 9.78. The second-order valence-electron chi connectivity index (χ2n) is 9.55. The Morgan fingerprint density at radius 1 is 0.789 bits per heavy atom. The molecule has 0 saturated heterocycles. The molecule has 38 heavy (non-hydrogen) atoms. The third-order valence-corrected chi connectivity index (χ3v) is 6.99. The summed E-state index contributed by atoms with van der Waals surface area (Å²) >= 11 is 0. The summed E-state index contributed by atoms with van der Waals surface area (Å²) in [4.78, 5) is 0. The molecule has 1 saturated carbocycles. The number of rotatable bonds is 8. The van der Waals surface area contributed by atoms with Crippen LogP contribution in [0.1, 0.15) is 25.5 Å². The maximum Gasteiger partial charge on any atom is 0.145 e. The zero-order chi connectivity index (χ0) is 25.9. The van der Waals surface area contributed by atoms with Crippen LogP contribution in [0, 0.1) is 0 Å². The summed E-state index contributed by atoms with van der Waals surface area (Å²) in [6.07, 6.45) is 2.78. The Hall–Kier alpha value is -4.57. The number of para-hydroxylation sites is 1. The van der Waals surface area contributed by atoms with Gasteiger partial charge in [-0.25, -0.2) is 4.68 Å². The molecule has 5 aromatic rings. The average Bonchev–Trinajstić information content (AvgIpc) is 3.77.